The summed E-state index contributed by atoms with van der Waals surface area (Å²) < 4.78 is 11.0. The Labute approximate surface area is 154 Å². The minimum Gasteiger partial charge on any atom is -0.452 e. The molecule has 26 heavy (non-hydrogen) atoms. The highest BCUT2D eigenvalue weighted by Gasteiger charge is 2.27. The number of anilines is 1. The number of thiophene rings is 1. The Hall–Kier alpha value is -2.67. The number of hydrogen-bond acceptors (Lipinski definition) is 6. The minimum atomic E-state index is -0.449. The molecule has 4 rings (SSSR count). The number of oxazole rings is 1. The van der Waals surface area contributed by atoms with E-state index in [1.165, 1.54) is 18.3 Å². The molecular formula is C19H18N2O4S. The van der Waals surface area contributed by atoms with Crippen LogP contribution in [0.2, 0.25) is 0 Å². The predicted octanol–water partition coefficient (Wildman–Crippen LogP) is 4.08. The van der Waals surface area contributed by atoms with Crippen LogP contribution in [-0.2, 0) is 29.0 Å². The number of esters is 1. The molecule has 3 aromatic rings. The summed E-state index contributed by atoms with van der Waals surface area (Å²) >= 11 is 1.47. The van der Waals surface area contributed by atoms with Crippen molar-refractivity contribution in [2.45, 2.75) is 39.2 Å². The van der Waals surface area contributed by atoms with Crippen molar-refractivity contribution in [3.63, 3.8) is 0 Å². The zero-order valence-corrected chi connectivity index (χ0v) is 15.1. The number of aromatic nitrogens is 1. The van der Waals surface area contributed by atoms with E-state index in [0.29, 0.717) is 22.0 Å². The summed E-state index contributed by atoms with van der Waals surface area (Å²) in [7, 11) is 0. The van der Waals surface area contributed by atoms with Crippen molar-refractivity contribution < 1.29 is 18.7 Å². The number of para-hydroxylation sites is 2. The van der Waals surface area contributed by atoms with Gasteiger partial charge in [0.25, 0.3) is 0 Å². The van der Waals surface area contributed by atoms with Gasteiger partial charge < -0.3 is 14.5 Å². The Bertz CT molecular complexity index is 956. The van der Waals surface area contributed by atoms with Crippen molar-refractivity contribution in [1.82, 2.24) is 4.98 Å². The molecule has 6 nitrogen and oxygen atoms in total. The van der Waals surface area contributed by atoms with Gasteiger partial charge in [-0.1, -0.05) is 12.1 Å². The number of ether oxygens (including phenoxy) is 1. The Morgan fingerprint density at radius 1 is 1.27 bits per heavy atom. The fraction of sp³-hybridized carbons (Fsp3) is 0.316. The number of fused-ring (bicyclic) bond motifs is 2. The highest BCUT2D eigenvalue weighted by Crippen LogP contribution is 2.38. The maximum absolute atomic E-state index is 12.7. The summed E-state index contributed by atoms with van der Waals surface area (Å²) in [6, 6.07) is 7.39. The van der Waals surface area contributed by atoms with Gasteiger partial charge in [-0.15, -0.1) is 11.3 Å². The number of nitrogens with one attached hydrogen (secondary N) is 1. The molecule has 7 heteroatoms. The minimum absolute atomic E-state index is 0.0440. The second-order valence-electron chi connectivity index (χ2n) is 6.25. The number of benzene rings is 1. The fourth-order valence-corrected chi connectivity index (χ4v) is 4.53. The molecule has 2 aromatic heterocycles. The van der Waals surface area contributed by atoms with Crippen molar-refractivity contribution in [2.24, 2.45) is 0 Å². The van der Waals surface area contributed by atoms with E-state index in [4.69, 9.17) is 9.15 Å². The van der Waals surface area contributed by atoms with Gasteiger partial charge in [0.2, 0.25) is 11.8 Å². The van der Waals surface area contributed by atoms with Crippen LogP contribution in [0.1, 0.15) is 46.5 Å². The average Bonchev–Trinajstić information content (AvgIpc) is 3.19. The summed E-state index contributed by atoms with van der Waals surface area (Å²) in [4.78, 5) is 29.7. The average molecular weight is 370 g/mol. The largest absolute Gasteiger partial charge is 0.452 e. The Morgan fingerprint density at radius 2 is 2.08 bits per heavy atom. The van der Waals surface area contributed by atoms with Gasteiger partial charge in [0.15, 0.2) is 12.2 Å². The predicted molar refractivity (Wildman–Crippen MR) is 98.4 cm³/mol. The van der Waals surface area contributed by atoms with E-state index in [1.807, 2.05) is 24.3 Å². The normalized spacial score (nSPS) is 13.4. The van der Waals surface area contributed by atoms with Gasteiger partial charge in [-0.05, 0) is 43.4 Å². The van der Waals surface area contributed by atoms with E-state index >= 15 is 0 Å². The lowest BCUT2D eigenvalue weighted by atomic mass is 9.95. The van der Waals surface area contributed by atoms with Gasteiger partial charge in [-0.3, -0.25) is 4.79 Å². The monoisotopic (exact) mass is 370 g/mol. The molecule has 134 valence electrons. The van der Waals surface area contributed by atoms with E-state index in [2.05, 4.69) is 10.3 Å². The first-order valence-electron chi connectivity index (χ1n) is 8.55. The van der Waals surface area contributed by atoms with Crippen LogP contribution in [0.25, 0.3) is 11.1 Å². The Kier molecular flexibility index (Phi) is 4.46. The van der Waals surface area contributed by atoms with Gasteiger partial charge in [-0.25, -0.2) is 9.78 Å². The van der Waals surface area contributed by atoms with Crippen LogP contribution < -0.4 is 5.32 Å². The van der Waals surface area contributed by atoms with Crippen LogP contribution in [0.4, 0.5) is 5.00 Å². The molecule has 1 aliphatic rings. The molecule has 1 aromatic carbocycles. The van der Waals surface area contributed by atoms with Gasteiger partial charge in [0.1, 0.15) is 10.5 Å². The van der Waals surface area contributed by atoms with E-state index < -0.39 is 5.97 Å². The van der Waals surface area contributed by atoms with Crippen molar-refractivity contribution >= 4 is 39.3 Å². The van der Waals surface area contributed by atoms with Gasteiger partial charge >= 0.3 is 5.97 Å². The molecule has 0 atom stereocenters. The molecule has 0 spiro atoms. The molecule has 0 fully saturated rings. The second kappa shape index (κ2) is 6.92. The van der Waals surface area contributed by atoms with E-state index in [-0.39, 0.29) is 12.5 Å². The van der Waals surface area contributed by atoms with E-state index in [0.717, 1.165) is 41.6 Å². The molecule has 1 aliphatic carbocycles. The van der Waals surface area contributed by atoms with E-state index in [1.54, 1.807) is 0 Å². The molecular weight excluding hydrogens is 352 g/mol. The van der Waals surface area contributed by atoms with Crippen LogP contribution in [-0.4, -0.2) is 16.9 Å². The van der Waals surface area contributed by atoms with Crippen molar-refractivity contribution in [3.8, 4) is 0 Å². The number of hydrogen-bond donors (Lipinski definition) is 1. The SMILES string of the molecule is CC(=O)Nc1sc2c(c1C(=O)OCc1nc3ccccc3o1)CCCC2. The molecule has 1 N–H and O–H groups in total. The highest BCUT2D eigenvalue weighted by atomic mass is 32.1. The van der Waals surface area contributed by atoms with Gasteiger partial charge in [-0.2, -0.15) is 0 Å². The lowest BCUT2D eigenvalue weighted by Gasteiger charge is -2.12. The third-order valence-electron chi connectivity index (χ3n) is 4.33. The maximum Gasteiger partial charge on any atom is 0.341 e. The standard InChI is InChI=1S/C19H18N2O4S/c1-11(22)20-18-17(12-6-2-5-9-15(12)26-18)19(23)24-10-16-21-13-7-3-4-8-14(13)25-16/h3-4,7-8H,2,5-6,9-10H2,1H3,(H,20,22). The number of carbonyl (C=O) groups is 2. The topological polar surface area (TPSA) is 81.4 Å². The zero-order chi connectivity index (χ0) is 18.1. The molecule has 0 radical (unpaired) electrons. The third kappa shape index (κ3) is 3.22. The Balaban J connectivity index is 1.57. The number of aryl methyl sites for hydroxylation is 1. The first-order valence-corrected chi connectivity index (χ1v) is 9.37. The first kappa shape index (κ1) is 16.8. The number of nitrogens with zero attached hydrogens (tertiary/aromatic N) is 1. The van der Waals surface area contributed by atoms with Crippen LogP contribution in [0, 0.1) is 0 Å². The fourth-order valence-electron chi connectivity index (χ4n) is 3.21. The van der Waals surface area contributed by atoms with Crippen LogP contribution in [0.3, 0.4) is 0 Å². The molecule has 0 saturated heterocycles. The summed E-state index contributed by atoms with van der Waals surface area (Å²) in [5.41, 5.74) is 2.87. The van der Waals surface area contributed by atoms with Crippen molar-refractivity contribution in [3.05, 3.63) is 46.2 Å². The van der Waals surface area contributed by atoms with Crippen molar-refractivity contribution in [2.75, 3.05) is 5.32 Å². The molecule has 2 heterocycles. The van der Waals surface area contributed by atoms with Crippen molar-refractivity contribution in [1.29, 1.82) is 0 Å². The number of carbonyl (C=O) groups excluding carboxylic acids is 2. The third-order valence-corrected chi connectivity index (χ3v) is 5.54. The second-order valence-corrected chi connectivity index (χ2v) is 7.35. The lowest BCUT2D eigenvalue weighted by molar-refractivity contribution is -0.114. The summed E-state index contributed by atoms with van der Waals surface area (Å²) in [6.45, 7) is 1.39. The molecule has 0 saturated carbocycles. The van der Waals surface area contributed by atoms with Crippen LogP contribution >= 0.6 is 11.3 Å². The quantitative estimate of drug-likeness (QED) is 0.700. The molecule has 1 amide bonds. The van der Waals surface area contributed by atoms with Crippen LogP contribution in [0.5, 0.6) is 0 Å². The zero-order valence-electron chi connectivity index (χ0n) is 14.3. The van der Waals surface area contributed by atoms with Gasteiger partial charge in [0.05, 0.1) is 5.56 Å². The summed E-state index contributed by atoms with van der Waals surface area (Å²) in [6.07, 6.45) is 3.91. The van der Waals surface area contributed by atoms with E-state index in [9.17, 15) is 9.59 Å². The maximum atomic E-state index is 12.7. The molecule has 0 aliphatic heterocycles. The smallest absolute Gasteiger partial charge is 0.341 e. The molecule has 0 bridgehead atoms. The first-order chi connectivity index (χ1) is 12.6. The summed E-state index contributed by atoms with van der Waals surface area (Å²) in [5.74, 6) is -0.295. The summed E-state index contributed by atoms with van der Waals surface area (Å²) in [5, 5.41) is 3.35. The lowest BCUT2D eigenvalue weighted by Crippen LogP contribution is -2.13. The van der Waals surface area contributed by atoms with Crippen LogP contribution in [0.15, 0.2) is 28.7 Å². The highest BCUT2D eigenvalue weighted by molar-refractivity contribution is 7.17. The Morgan fingerprint density at radius 3 is 2.88 bits per heavy atom. The number of amides is 1. The van der Waals surface area contributed by atoms with Gasteiger partial charge in [0, 0.05) is 11.8 Å². The number of rotatable bonds is 4. The molecule has 0 unspecified atom stereocenters.